The summed E-state index contributed by atoms with van der Waals surface area (Å²) in [5.74, 6) is 0.396. The first-order valence-electron chi connectivity index (χ1n) is 8.06. The zero-order valence-electron chi connectivity index (χ0n) is 12.7. The van der Waals surface area contributed by atoms with Gasteiger partial charge >= 0.3 is 0 Å². The number of nitrogens with zero attached hydrogens (tertiary/aromatic N) is 1. The Balaban J connectivity index is 1.60. The van der Waals surface area contributed by atoms with Crippen LogP contribution in [0.1, 0.15) is 32.1 Å². The first-order chi connectivity index (χ1) is 10.7. The minimum Gasteiger partial charge on any atom is -0.331 e. The van der Waals surface area contributed by atoms with Crippen LogP contribution >= 0.6 is 0 Å². The van der Waals surface area contributed by atoms with Crippen LogP contribution in [0.2, 0.25) is 0 Å². The number of rotatable bonds is 4. The lowest BCUT2D eigenvalue weighted by molar-refractivity contribution is -0.137. The van der Waals surface area contributed by atoms with E-state index in [1.54, 1.807) is 4.90 Å². The highest BCUT2D eigenvalue weighted by molar-refractivity contribution is 5.97. The van der Waals surface area contributed by atoms with Crippen molar-refractivity contribution in [2.45, 2.75) is 38.1 Å². The second-order valence-electron chi connectivity index (χ2n) is 6.07. The average molecular weight is 298 g/mol. The minimum atomic E-state index is -0.321. The van der Waals surface area contributed by atoms with Crippen LogP contribution in [0.25, 0.3) is 0 Å². The van der Waals surface area contributed by atoms with E-state index in [-0.39, 0.29) is 17.9 Å². The van der Waals surface area contributed by atoms with Crippen molar-refractivity contribution in [1.82, 2.24) is 4.90 Å². The number of benzene rings is 1. The van der Waals surface area contributed by atoms with Gasteiger partial charge in [0, 0.05) is 18.7 Å². The quantitative estimate of drug-likeness (QED) is 0.869. The first-order valence-corrected chi connectivity index (χ1v) is 8.06. The van der Waals surface area contributed by atoms with Gasteiger partial charge in [0.25, 0.3) is 0 Å². The topological polar surface area (TPSA) is 49.4 Å². The second-order valence-corrected chi connectivity index (χ2v) is 6.07. The van der Waals surface area contributed by atoms with Crippen molar-refractivity contribution in [1.29, 1.82) is 0 Å². The summed E-state index contributed by atoms with van der Waals surface area (Å²) in [7, 11) is 0. The van der Waals surface area contributed by atoms with Gasteiger partial charge in [-0.15, -0.1) is 0 Å². The standard InChI is InChI=1S/C18H22N2O2/c21-17(13-14-7-4-5-8-14)20-12-6-11-16(20)18(22)19-15-9-2-1-3-10-15/h1-4,7,9-10,14,16H,5-6,8,11-13H2,(H,19,22)/t14-,16+/m1/s1. The molecule has 2 atom stereocenters. The van der Waals surface area contributed by atoms with Gasteiger partial charge in [-0.1, -0.05) is 30.4 Å². The summed E-state index contributed by atoms with van der Waals surface area (Å²) in [6.07, 6.45) is 8.58. The number of anilines is 1. The molecule has 1 fully saturated rings. The number of hydrogen-bond donors (Lipinski definition) is 1. The maximum atomic E-state index is 12.5. The van der Waals surface area contributed by atoms with Gasteiger partial charge in [0.05, 0.1) is 0 Å². The van der Waals surface area contributed by atoms with Gasteiger partial charge in [0.15, 0.2) is 0 Å². The Kier molecular flexibility index (Phi) is 4.56. The second kappa shape index (κ2) is 6.77. The van der Waals surface area contributed by atoms with Gasteiger partial charge < -0.3 is 10.2 Å². The van der Waals surface area contributed by atoms with E-state index in [1.807, 2.05) is 30.3 Å². The highest BCUT2D eigenvalue weighted by atomic mass is 16.2. The molecule has 1 aliphatic heterocycles. The maximum absolute atomic E-state index is 12.5. The number of carbonyl (C=O) groups excluding carboxylic acids is 2. The molecule has 4 heteroatoms. The van der Waals surface area contributed by atoms with Crippen LogP contribution < -0.4 is 5.32 Å². The lowest BCUT2D eigenvalue weighted by Gasteiger charge is -2.25. The van der Waals surface area contributed by atoms with E-state index in [0.717, 1.165) is 31.4 Å². The Morgan fingerprint density at radius 1 is 1.18 bits per heavy atom. The highest BCUT2D eigenvalue weighted by Gasteiger charge is 2.34. The number of likely N-dealkylation sites (tertiary alicyclic amines) is 1. The number of hydrogen-bond acceptors (Lipinski definition) is 2. The summed E-state index contributed by atoms with van der Waals surface area (Å²) in [6, 6.07) is 9.10. The molecule has 0 saturated carbocycles. The molecule has 1 N–H and O–H groups in total. The molecule has 1 aromatic carbocycles. The number of carbonyl (C=O) groups is 2. The largest absolute Gasteiger partial charge is 0.331 e. The number of allylic oxidation sites excluding steroid dienone is 2. The Labute approximate surface area is 131 Å². The van der Waals surface area contributed by atoms with Crippen molar-refractivity contribution < 1.29 is 9.59 Å². The lowest BCUT2D eigenvalue weighted by Crippen LogP contribution is -2.43. The molecule has 4 nitrogen and oxygen atoms in total. The van der Waals surface area contributed by atoms with E-state index in [9.17, 15) is 9.59 Å². The van der Waals surface area contributed by atoms with Crippen LogP contribution in [-0.2, 0) is 9.59 Å². The van der Waals surface area contributed by atoms with Gasteiger partial charge in [-0.05, 0) is 43.7 Å². The van der Waals surface area contributed by atoms with E-state index in [0.29, 0.717) is 18.9 Å². The van der Waals surface area contributed by atoms with E-state index in [2.05, 4.69) is 17.5 Å². The van der Waals surface area contributed by atoms with Gasteiger partial charge in [-0.2, -0.15) is 0 Å². The molecular weight excluding hydrogens is 276 g/mol. The average Bonchev–Trinajstić information content (AvgIpc) is 3.19. The van der Waals surface area contributed by atoms with Crippen LogP contribution in [0.15, 0.2) is 42.5 Å². The van der Waals surface area contributed by atoms with Crippen molar-refractivity contribution in [3.8, 4) is 0 Å². The van der Waals surface area contributed by atoms with Crippen molar-refractivity contribution in [3.63, 3.8) is 0 Å². The molecule has 22 heavy (non-hydrogen) atoms. The van der Waals surface area contributed by atoms with Crippen LogP contribution in [0.5, 0.6) is 0 Å². The molecule has 116 valence electrons. The molecule has 2 amide bonds. The zero-order valence-corrected chi connectivity index (χ0v) is 12.7. The summed E-state index contributed by atoms with van der Waals surface area (Å²) in [6.45, 7) is 0.697. The molecule has 2 aliphatic rings. The van der Waals surface area contributed by atoms with E-state index < -0.39 is 0 Å². The van der Waals surface area contributed by atoms with Crippen molar-refractivity contribution >= 4 is 17.5 Å². The SMILES string of the molecule is O=C(Nc1ccccc1)[C@@H]1CCCN1C(=O)C[C@@H]1C=CCC1. The molecule has 0 aromatic heterocycles. The third-order valence-corrected chi connectivity index (χ3v) is 4.47. The van der Waals surface area contributed by atoms with Crippen LogP contribution in [0, 0.1) is 5.92 Å². The van der Waals surface area contributed by atoms with Gasteiger partial charge in [-0.25, -0.2) is 0 Å². The molecule has 1 aromatic rings. The summed E-state index contributed by atoms with van der Waals surface area (Å²) < 4.78 is 0. The molecule has 0 spiro atoms. The molecule has 3 rings (SSSR count). The third kappa shape index (κ3) is 3.38. The predicted octanol–water partition coefficient (Wildman–Crippen LogP) is 2.97. The third-order valence-electron chi connectivity index (χ3n) is 4.47. The van der Waals surface area contributed by atoms with E-state index in [1.165, 1.54) is 0 Å². The Morgan fingerprint density at radius 2 is 2.00 bits per heavy atom. The highest BCUT2D eigenvalue weighted by Crippen LogP contribution is 2.25. The lowest BCUT2D eigenvalue weighted by atomic mass is 10.0. The van der Waals surface area contributed by atoms with Crippen LogP contribution in [-0.4, -0.2) is 29.3 Å². The fourth-order valence-corrected chi connectivity index (χ4v) is 3.29. The molecule has 0 unspecified atom stereocenters. The fraction of sp³-hybridized carbons (Fsp3) is 0.444. The van der Waals surface area contributed by atoms with Crippen molar-refractivity contribution in [2.24, 2.45) is 5.92 Å². The Morgan fingerprint density at radius 3 is 2.73 bits per heavy atom. The molecule has 1 heterocycles. The Bertz CT molecular complexity index is 568. The molecule has 0 bridgehead atoms. The maximum Gasteiger partial charge on any atom is 0.247 e. The van der Waals surface area contributed by atoms with E-state index in [4.69, 9.17) is 0 Å². The normalized spacial score (nSPS) is 23.7. The zero-order chi connectivity index (χ0) is 15.4. The summed E-state index contributed by atoms with van der Waals surface area (Å²) in [5, 5.41) is 2.92. The van der Waals surface area contributed by atoms with Crippen LogP contribution in [0.4, 0.5) is 5.69 Å². The summed E-state index contributed by atoms with van der Waals surface area (Å²) in [5.41, 5.74) is 0.783. The van der Waals surface area contributed by atoms with Gasteiger partial charge in [0.2, 0.25) is 11.8 Å². The first kappa shape index (κ1) is 14.8. The van der Waals surface area contributed by atoms with Crippen molar-refractivity contribution in [3.05, 3.63) is 42.5 Å². The van der Waals surface area contributed by atoms with Gasteiger partial charge in [-0.3, -0.25) is 9.59 Å². The fourth-order valence-electron chi connectivity index (χ4n) is 3.29. The molecule has 0 radical (unpaired) electrons. The number of para-hydroxylation sites is 1. The summed E-state index contributed by atoms with van der Waals surface area (Å²) >= 11 is 0. The van der Waals surface area contributed by atoms with Gasteiger partial charge in [0.1, 0.15) is 6.04 Å². The molecule has 1 aliphatic carbocycles. The molecular formula is C18H22N2O2. The number of amides is 2. The predicted molar refractivity (Wildman–Crippen MR) is 86.3 cm³/mol. The smallest absolute Gasteiger partial charge is 0.247 e. The van der Waals surface area contributed by atoms with Crippen molar-refractivity contribution in [2.75, 3.05) is 11.9 Å². The van der Waals surface area contributed by atoms with E-state index >= 15 is 0 Å². The molecule has 1 saturated heterocycles. The minimum absolute atomic E-state index is 0.0704. The van der Waals surface area contributed by atoms with Crippen LogP contribution in [0.3, 0.4) is 0 Å². The monoisotopic (exact) mass is 298 g/mol. The summed E-state index contributed by atoms with van der Waals surface area (Å²) in [4.78, 5) is 26.7. The Hall–Kier alpha value is -2.10. The number of nitrogens with one attached hydrogen (secondary N) is 1.